The standard InChI is InChI=1S/C26H23N5OS2/c1-17-20-14-22(33-25(20)31(29-17)19-10-6-3-7-11-19)24(32)28-26-27-21-12-13-30(16-23(21)34-26)15-18-8-4-2-5-9-18/h2-11,14H,12-13,15-16H2,1H3,(H,27,28,32). The Kier molecular flexibility index (Phi) is 5.49. The number of aryl methyl sites for hydroxylation is 1. The molecule has 0 fully saturated rings. The van der Waals surface area contributed by atoms with Crippen LogP contribution in [0.15, 0.2) is 66.7 Å². The number of hydrogen-bond acceptors (Lipinski definition) is 6. The molecular weight excluding hydrogens is 462 g/mol. The molecule has 5 aromatic rings. The van der Waals surface area contributed by atoms with Crippen LogP contribution in [-0.4, -0.2) is 32.1 Å². The van der Waals surface area contributed by atoms with Crippen molar-refractivity contribution in [3.05, 3.63) is 93.4 Å². The number of carbonyl (C=O) groups excluding carboxylic acids is 1. The Morgan fingerprint density at radius 1 is 1.06 bits per heavy atom. The van der Waals surface area contributed by atoms with Gasteiger partial charge in [-0.15, -0.1) is 22.7 Å². The van der Waals surface area contributed by atoms with Gasteiger partial charge < -0.3 is 0 Å². The third kappa shape index (κ3) is 4.04. The Labute approximate surface area is 205 Å². The second kappa shape index (κ2) is 8.79. The number of nitrogens with one attached hydrogen (secondary N) is 1. The highest BCUT2D eigenvalue weighted by atomic mass is 32.1. The van der Waals surface area contributed by atoms with Crippen molar-refractivity contribution < 1.29 is 4.79 Å². The molecule has 1 aliphatic rings. The molecule has 8 heteroatoms. The molecule has 2 aromatic carbocycles. The number of anilines is 1. The first kappa shape index (κ1) is 21.2. The number of aromatic nitrogens is 3. The average molecular weight is 486 g/mol. The number of para-hydroxylation sites is 1. The van der Waals surface area contributed by atoms with E-state index in [2.05, 4.69) is 39.6 Å². The van der Waals surface area contributed by atoms with Crippen LogP contribution in [-0.2, 0) is 19.5 Å². The van der Waals surface area contributed by atoms with Gasteiger partial charge in [-0.05, 0) is 30.7 Å². The third-order valence-electron chi connectivity index (χ3n) is 6.05. The highest BCUT2D eigenvalue weighted by molar-refractivity contribution is 7.20. The van der Waals surface area contributed by atoms with Gasteiger partial charge in [0.2, 0.25) is 0 Å². The summed E-state index contributed by atoms with van der Waals surface area (Å²) in [6.07, 6.45) is 0.906. The smallest absolute Gasteiger partial charge is 0.267 e. The molecule has 1 aliphatic heterocycles. The van der Waals surface area contributed by atoms with Gasteiger partial charge in [0.25, 0.3) is 5.91 Å². The van der Waals surface area contributed by atoms with E-state index in [1.54, 1.807) is 11.3 Å². The number of carbonyl (C=O) groups is 1. The van der Waals surface area contributed by atoms with E-state index in [-0.39, 0.29) is 5.91 Å². The predicted octanol–water partition coefficient (Wildman–Crippen LogP) is 5.66. The second-order valence-electron chi connectivity index (χ2n) is 8.45. The summed E-state index contributed by atoms with van der Waals surface area (Å²) in [6.45, 7) is 4.75. The molecule has 1 amide bonds. The molecule has 0 aliphatic carbocycles. The Bertz CT molecular complexity index is 1470. The largest absolute Gasteiger partial charge is 0.297 e. The Morgan fingerprint density at radius 3 is 2.62 bits per heavy atom. The monoisotopic (exact) mass is 485 g/mol. The van der Waals surface area contributed by atoms with Gasteiger partial charge in [0, 0.05) is 36.3 Å². The molecule has 3 aromatic heterocycles. The number of benzene rings is 2. The molecule has 0 saturated carbocycles. The maximum absolute atomic E-state index is 13.1. The zero-order chi connectivity index (χ0) is 23.1. The highest BCUT2D eigenvalue weighted by Gasteiger charge is 2.23. The van der Waals surface area contributed by atoms with E-state index in [1.807, 2.05) is 54.1 Å². The van der Waals surface area contributed by atoms with Crippen molar-refractivity contribution in [3.63, 3.8) is 0 Å². The zero-order valence-electron chi connectivity index (χ0n) is 18.7. The average Bonchev–Trinajstić information content (AvgIpc) is 3.54. The number of nitrogens with zero attached hydrogens (tertiary/aromatic N) is 4. The van der Waals surface area contributed by atoms with Crippen molar-refractivity contribution in [2.45, 2.75) is 26.4 Å². The van der Waals surface area contributed by atoms with Crippen LogP contribution in [0, 0.1) is 6.92 Å². The Balaban J connectivity index is 1.19. The maximum atomic E-state index is 13.1. The summed E-state index contributed by atoms with van der Waals surface area (Å²) in [5.74, 6) is -0.118. The van der Waals surface area contributed by atoms with E-state index in [4.69, 9.17) is 4.98 Å². The van der Waals surface area contributed by atoms with E-state index in [0.29, 0.717) is 10.0 Å². The fourth-order valence-corrected chi connectivity index (χ4v) is 6.46. The lowest BCUT2D eigenvalue weighted by molar-refractivity contribution is 0.103. The van der Waals surface area contributed by atoms with E-state index < -0.39 is 0 Å². The normalized spacial score (nSPS) is 13.8. The lowest BCUT2D eigenvalue weighted by Gasteiger charge is -2.25. The van der Waals surface area contributed by atoms with Crippen LogP contribution in [0.1, 0.15) is 31.5 Å². The molecule has 0 atom stereocenters. The van der Waals surface area contributed by atoms with E-state index in [1.165, 1.54) is 21.8 Å². The van der Waals surface area contributed by atoms with Gasteiger partial charge in [-0.3, -0.25) is 15.0 Å². The van der Waals surface area contributed by atoms with Gasteiger partial charge >= 0.3 is 0 Å². The first-order chi connectivity index (χ1) is 16.6. The summed E-state index contributed by atoms with van der Waals surface area (Å²) < 4.78 is 1.91. The fraction of sp³-hybridized carbons (Fsp3) is 0.192. The lowest BCUT2D eigenvalue weighted by atomic mass is 10.1. The molecular formula is C26H23N5OS2. The zero-order valence-corrected chi connectivity index (χ0v) is 20.3. The van der Waals surface area contributed by atoms with Crippen LogP contribution < -0.4 is 5.32 Å². The second-order valence-corrected chi connectivity index (χ2v) is 10.6. The molecule has 0 unspecified atom stereocenters. The Morgan fingerprint density at radius 2 is 1.82 bits per heavy atom. The van der Waals surface area contributed by atoms with Gasteiger partial charge in [-0.25, -0.2) is 9.67 Å². The molecule has 0 spiro atoms. The molecule has 0 bridgehead atoms. The summed E-state index contributed by atoms with van der Waals surface area (Å²) in [5.41, 5.74) is 4.33. The van der Waals surface area contributed by atoms with E-state index in [9.17, 15) is 4.79 Å². The number of thiazole rings is 1. The van der Waals surface area contributed by atoms with Crippen LogP contribution >= 0.6 is 22.7 Å². The van der Waals surface area contributed by atoms with Gasteiger partial charge in [-0.1, -0.05) is 48.5 Å². The summed E-state index contributed by atoms with van der Waals surface area (Å²) in [4.78, 5) is 23.1. The third-order valence-corrected chi connectivity index (χ3v) is 8.16. The summed E-state index contributed by atoms with van der Waals surface area (Å²) in [6, 6.07) is 22.5. The first-order valence-electron chi connectivity index (χ1n) is 11.2. The molecule has 6 nitrogen and oxygen atoms in total. The Hall–Kier alpha value is -3.33. The number of amides is 1. The molecule has 0 radical (unpaired) electrons. The molecule has 4 heterocycles. The molecule has 170 valence electrons. The molecule has 0 saturated heterocycles. The van der Waals surface area contributed by atoms with E-state index >= 15 is 0 Å². The van der Waals surface area contributed by atoms with Crippen molar-refractivity contribution in [1.29, 1.82) is 0 Å². The van der Waals surface area contributed by atoms with Gasteiger partial charge in [0.15, 0.2) is 5.13 Å². The lowest BCUT2D eigenvalue weighted by Crippen LogP contribution is -2.29. The fourth-order valence-electron chi connectivity index (χ4n) is 4.34. The van der Waals surface area contributed by atoms with Gasteiger partial charge in [0.05, 0.1) is 22.0 Å². The SMILES string of the molecule is Cc1nn(-c2ccccc2)c2sc(C(=O)Nc3nc4c(s3)CN(Cc3ccccc3)CC4)cc12. The molecule has 1 N–H and O–H groups in total. The van der Waals surface area contributed by atoms with Crippen LogP contribution in [0.3, 0.4) is 0 Å². The minimum absolute atomic E-state index is 0.118. The predicted molar refractivity (Wildman–Crippen MR) is 138 cm³/mol. The van der Waals surface area contributed by atoms with Crippen molar-refractivity contribution in [2.24, 2.45) is 0 Å². The summed E-state index contributed by atoms with van der Waals surface area (Å²) in [5, 5.41) is 9.39. The molecule has 34 heavy (non-hydrogen) atoms. The number of thiophene rings is 1. The summed E-state index contributed by atoms with van der Waals surface area (Å²) >= 11 is 3.05. The minimum Gasteiger partial charge on any atom is -0.297 e. The van der Waals surface area contributed by atoms with Gasteiger partial charge in [0.1, 0.15) is 4.83 Å². The van der Waals surface area contributed by atoms with Crippen LogP contribution in [0.25, 0.3) is 15.9 Å². The first-order valence-corrected chi connectivity index (χ1v) is 12.9. The minimum atomic E-state index is -0.118. The number of fused-ring (bicyclic) bond motifs is 2. The topological polar surface area (TPSA) is 63.1 Å². The summed E-state index contributed by atoms with van der Waals surface area (Å²) in [7, 11) is 0. The van der Waals surface area contributed by atoms with Crippen molar-refractivity contribution in [3.8, 4) is 5.69 Å². The highest BCUT2D eigenvalue weighted by Crippen LogP contribution is 2.33. The van der Waals surface area contributed by atoms with Crippen LogP contribution in [0.4, 0.5) is 5.13 Å². The van der Waals surface area contributed by atoms with Crippen LogP contribution in [0.2, 0.25) is 0 Å². The van der Waals surface area contributed by atoms with Crippen molar-refractivity contribution in [1.82, 2.24) is 19.7 Å². The number of rotatable bonds is 5. The van der Waals surface area contributed by atoms with Gasteiger partial charge in [-0.2, -0.15) is 5.10 Å². The quantitative estimate of drug-likeness (QED) is 0.349. The molecule has 6 rings (SSSR count). The van der Waals surface area contributed by atoms with E-state index in [0.717, 1.165) is 53.3 Å². The van der Waals surface area contributed by atoms with Crippen molar-refractivity contribution in [2.75, 3.05) is 11.9 Å². The maximum Gasteiger partial charge on any atom is 0.267 e. The number of hydrogen-bond donors (Lipinski definition) is 1. The van der Waals surface area contributed by atoms with Crippen molar-refractivity contribution >= 4 is 43.9 Å². The van der Waals surface area contributed by atoms with Crippen LogP contribution in [0.5, 0.6) is 0 Å².